The fourth-order valence-corrected chi connectivity index (χ4v) is 5.23. The third kappa shape index (κ3) is 1.47. The molecule has 0 amide bonds. The van der Waals surface area contributed by atoms with Gasteiger partial charge in [0.1, 0.15) is 0 Å². The van der Waals surface area contributed by atoms with E-state index >= 15 is 0 Å². The summed E-state index contributed by atoms with van der Waals surface area (Å²) in [5.74, 6) is 5.58. The molecule has 3 fully saturated rings. The van der Waals surface area contributed by atoms with E-state index < -0.39 is 0 Å². The molecule has 0 aromatic heterocycles. The van der Waals surface area contributed by atoms with Gasteiger partial charge in [0.25, 0.3) is 0 Å². The summed E-state index contributed by atoms with van der Waals surface area (Å²) in [5, 5.41) is 0. The van der Waals surface area contributed by atoms with Crippen LogP contribution in [0.5, 0.6) is 0 Å². The summed E-state index contributed by atoms with van der Waals surface area (Å²) in [6.45, 7) is 7.41. The van der Waals surface area contributed by atoms with Crippen LogP contribution in [0.3, 0.4) is 0 Å². The number of hydrogen-bond donors (Lipinski definition) is 0. The van der Waals surface area contributed by atoms with Crippen LogP contribution in [0.15, 0.2) is 0 Å². The second kappa shape index (κ2) is 3.25. The molecule has 86 valence electrons. The largest absolute Gasteiger partial charge is 0.0599 e. The Morgan fingerprint density at radius 1 is 0.800 bits per heavy atom. The molecule has 0 N–H and O–H groups in total. The van der Waals surface area contributed by atoms with Crippen molar-refractivity contribution < 1.29 is 0 Å². The van der Waals surface area contributed by atoms with Gasteiger partial charge in [-0.1, -0.05) is 33.6 Å². The van der Waals surface area contributed by atoms with Crippen LogP contribution < -0.4 is 0 Å². The van der Waals surface area contributed by atoms with Gasteiger partial charge in [-0.15, -0.1) is 0 Å². The number of rotatable bonds is 0. The smallest absolute Gasteiger partial charge is 0.0331 e. The normalized spacial score (nSPS) is 49.4. The fraction of sp³-hybridized carbons (Fsp3) is 1.00. The quantitative estimate of drug-likeness (QED) is 0.547. The van der Waals surface area contributed by atoms with Crippen molar-refractivity contribution >= 4 is 0 Å². The molecule has 3 aliphatic rings. The summed E-state index contributed by atoms with van der Waals surface area (Å²) in [6.07, 6.45) is 9.36. The SMILES string of the molecule is CC(C)(C)C1CC2CC1C1CCCCC21. The number of fused-ring (bicyclic) bond motifs is 5. The molecule has 5 atom stereocenters. The lowest BCUT2D eigenvalue weighted by Crippen LogP contribution is -2.36. The van der Waals surface area contributed by atoms with Crippen molar-refractivity contribution in [1.82, 2.24) is 0 Å². The predicted octanol–water partition coefficient (Wildman–Crippen LogP) is 4.49. The average Bonchev–Trinajstić information content (AvgIpc) is 2.74. The Hall–Kier alpha value is 0. The van der Waals surface area contributed by atoms with Crippen LogP contribution in [-0.4, -0.2) is 0 Å². The summed E-state index contributed by atoms with van der Waals surface area (Å²) in [5.41, 5.74) is 0.571. The van der Waals surface area contributed by atoms with E-state index in [0.29, 0.717) is 5.41 Å². The van der Waals surface area contributed by atoms with Crippen molar-refractivity contribution in [1.29, 1.82) is 0 Å². The lowest BCUT2D eigenvalue weighted by Gasteiger charge is -2.43. The zero-order valence-electron chi connectivity index (χ0n) is 10.6. The molecule has 0 heteroatoms. The third-order valence-electron chi connectivity index (χ3n) is 5.79. The molecule has 3 rings (SSSR count). The highest BCUT2D eigenvalue weighted by molar-refractivity contribution is 5.04. The van der Waals surface area contributed by atoms with Crippen molar-refractivity contribution in [3.63, 3.8) is 0 Å². The van der Waals surface area contributed by atoms with Crippen molar-refractivity contribution in [2.75, 3.05) is 0 Å². The maximum atomic E-state index is 2.47. The molecule has 3 saturated carbocycles. The van der Waals surface area contributed by atoms with E-state index in [0.717, 1.165) is 29.6 Å². The van der Waals surface area contributed by atoms with Crippen LogP contribution in [0.4, 0.5) is 0 Å². The van der Waals surface area contributed by atoms with Crippen LogP contribution in [0.1, 0.15) is 59.3 Å². The summed E-state index contributed by atoms with van der Waals surface area (Å²) in [6, 6.07) is 0. The van der Waals surface area contributed by atoms with Gasteiger partial charge in [-0.25, -0.2) is 0 Å². The maximum Gasteiger partial charge on any atom is -0.0331 e. The van der Waals surface area contributed by atoms with Gasteiger partial charge in [-0.3, -0.25) is 0 Å². The lowest BCUT2D eigenvalue weighted by atomic mass is 9.62. The van der Waals surface area contributed by atoms with E-state index in [4.69, 9.17) is 0 Å². The molecule has 0 saturated heterocycles. The van der Waals surface area contributed by atoms with Crippen LogP contribution >= 0.6 is 0 Å². The first-order chi connectivity index (χ1) is 7.07. The van der Waals surface area contributed by atoms with Gasteiger partial charge in [0.15, 0.2) is 0 Å². The summed E-state index contributed by atoms with van der Waals surface area (Å²) >= 11 is 0. The first kappa shape index (κ1) is 10.2. The standard InChI is InChI=1S/C15H26/c1-15(2,3)14-9-10-8-13(14)12-7-5-4-6-11(10)12/h10-14H,4-9H2,1-3H3. The second-order valence-electron chi connectivity index (χ2n) is 7.48. The molecule has 15 heavy (non-hydrogen) atoms. The Morgan fingerprint density at radius 3 is 2.13 bits per heavy atom. The molecule has 0 aromatic carbocycles. The minimum absolute atomic E-state index is 0.571. The minimum Gasteiger partial charge on any atom is -0.0599 e. The van der Waals surface area contributed by atoms with Crippen molar-refractivity contribution in [3.8, 4) is 0 Å². The Morgan fingerprint density at radius 2 is 1.47 bits per heavy atom. The molecule has 0 spiro atoms. The second-order valence-corrected chi connectivity index (χ2v) is 7.48. The summed E-state index contributed by atoms with van der Waals surface area (Å²) in [4.78, 5) is 0. The van der Waals surface area contributed by atoms with E-state index in [1.54, 1.807) is 25.7 Å². The first-order valence-corrected chi connectivity index (χ1v) is 7.07. The monoisotopic (exact) mass is 206 g/mol. The molecular weight excluding hydrogens is 180 g/mol. The molecule has 5 unspecified atom stereocenters. The van der Waals surface area contributed by atoms with Crippen molar-refractivity contribution in [2.24, 2.45) is 35.0 Å². The lowest BCUT2D eigenvalue weighted by molar-refractivity contribution is 0.0568. The summed E-state index contributed by atoms with van der Waals surface area (Å²) < 4.78 is 0. The van der Waals surface area contributed by atoms with E-state index in [1.165, 1.54) is 12.8 Å². The maximum absolute atomic E-state index is 2.47. The molecule has 0 aliphatic heterocycles. The Labute approximate surface area is 94.8 Å². The first-order valence-electron chi connectivity index (χ1n) is 7.07. The minimum atomic E-state index is 0.571. The molecule has 0 nitrogen and oxygen atoms in total. The molecule has 0 aromatic rings. The van der Waals surface area contributed by atoms with Gasteiger partial charge in [-0.05, 0) is 60.7 Å². The number of hydrogen-bond acceptors (Lipinski definition) is 0. The Bertz CT molecular complexity index is 247. The molecule has 0 heterocycles. The van der Waals surface area contributed by atoms with E-state index in [-0.39, 0.29) is 0 Å². The zero-order valence-corrected chi connectivity index (χ0v) is 10.6. The fourth-order valence-electron chi connectivity index (χ4n) is 5.23. The van der Waals surface area contributed by atoms with Gasteiger partial charge in [0.2, 0.25) is 0 Å². The summed E-state index contributed by atoms with van der Waals surface area (Å²) in [7, 11) is 0. The van der Waals surface area contributed by atoms with Gasteiger partial charge in [0, 0.05) is 0 Å². The highest BCUT2D eigenvalue weighted by atomic mass is 14.6. The van der Waals surface area contributed by atoms with E-state index in [1.807, 2.05) is 0 Å². The van der Waals surface area contributed by atoms with Gasteiger partial charge in [-0.2, -0.15) is 0 Å². The van der Waals surface area contributed by atoms with Crippen LogP contribution in [0.25, 0.3) is 0 Å². The van der Waals surface area contributed by atoms with Crippen LogP contribution in [0, 0.1) is 35.0 Å². The topological polar surface area (TPSA) is 0 Å². The van der Waals surface area contributed by atoms with Crippen LogP contribution in [0.2, 0.25) is 0 Å². The molecular formula is C15H26. The molecule has 2 bridgehead atoms. The third-order valence-corrected chi connectivity index (χ3v) is 5.79. The average molecular weight is 206 g/mol. The van der Waals surface area contributed by atoms with E-state index in [9.17, 15) is 0 Å². The Kier molecular flexibility index (Phi) is 2.20. The van der Waals surface area contributed by atoms with Gasteiger partial charge >= 0.3 is 0 Å². The van der Waals surface area contributed by atoms with Crippen molar-refractivity contribution in [3.05, 3.63) is 0 Å². The molecule has 0 radical (unpaired) electrons. The zero-order chi connectivity index (χ0) is 10.6. The van der Waals surface area contributed by atoms with Crippen LogP contribution in [-0.2, 0) is 0 Å². The van der Waals surface area contributed by atoms with Crippen molar-refractivity contribution in [2.45, 2.75) is 59.3 Å². The highest BCUT2D eigenvalue weighted by Crippen LogP contribution is 2.63. The predicted molar refractivity (Wildman–Crippen MR) is 64.6 cm³/mol. The van der Waals surface area contributed by atoms with E-state index in [2.05, 4.69) is 20.8 Å². The van der Waals surface area contributed by atoms with Gasteiger partial charge < -0.3 is 0 Å². The van der Waals surface area contributed by atoms with Gasteiger partial charge in [0.05, 0.1) is 0 Å². The molecule has 3 aliphatic carbocycles. The highest BCUT2D eigenvalue weighted by Gasteiger charge is 2.54. The Balaban J connectivity index is 1.81.